The maximum atomic E-state index is 11.7. The highest BCUT2D eigenvalue weighted by Crippen LogP contribution is 2.13. The zero-order chi connectivity index (χ0) is 14.9. The topological polar surface area (TPSA) is 119 Å². The van der Waals surface area contributed by atoms with Crippen LogP contribution >= 0.6 is 0 Å². The fraction of sp³-hybridized carbons (Fsp3) is 0.556. The van der Waals surface area contributed by atoms with Crippen LogP contribution in [0.15, 0.2) is 4.52 Å². The number of hydrogen-bond acceptors (Lipinski definition) is 7. The fourth-order valence-corrected chi connectivity index (χ4v) is 1.97. The summed E-state index contributed by atoms with van der Waals surface area (Å²) in [4.78, 5) is 4.05. The van der Waals surface area contributed by atoms with Crippen molar-refractivity contribution in [3.63, 3.8) is 0 Å². The van der Waals surface area contributed by atoms with Crippen LogP contribution in [0.5, 0.6) is 0 Å². The second-order valence-corrected chi connectivity index (χ2v) is 6.18. The molecule has 0 unspecified atom stereocenters. The minimum absolute atomic E-state index is 0.166. The minimum Gasteiger partial charge on any atom is -0.340 e. The number of hydrogen-bond donors (Lipinski definition) is 1. The van der Waals surface area contributed by atoms with E-state index in [1.807, 2.05) is 0 Å². The molecule has 0 saturated carbocycles. The Labute approximate surface area is 115 Å². The normalized spacial score (nSPS) is 12.1. The molecule has 0 saturated heterocycles. The van der Waals surface area contributed by atoms with Crippen LogP contribution < -0.4 is 4.72 Å². The average Bonchev–Trinajstić information content (AvgIpc) is 2.89. The Morgan fingerprint density at radius 3 is 2.60 bits per heavy atom. The molecule has 0 aromatic carbocycles. The van der Waals surface area contributed by atoms with Crippen molar-refractivity contribution in [2.45, 2.75) is 20.4 Å². The Morgan fingerprint density at radius 2 is 2.05 bits per heavy atom. The van der Waals surface area contributed by atoms with Crippen LogP contribution in [-0.4, -0.2) is 52.0 Å². The quantitative estimate of drug-likeness (QED) is 0.793. The second kappa shape index (κ2) is 5.17. The van der Waals surface area contributed by atoms with Gasteiger partial charge in [0.1, 0.15) is 6.54 Å². The van der Waals surface area contributed by atoms with Gasteiger partial charge in [0.25, 0.3) is 0 Å². The van der Waals surface area contributed by atoms with E-state index in [0.29, 0.717) is 17.4 Å². The van der Waals surface area contributed by atoms with Crippen molar-refractivity contribution in [1.82, 2.24) is 29.4 Å². The van der Waals surface area contributed by atoms with Crippen LogP contribution in [0.3, 0.4) is 0 Å². The summed E-state index contributed by atoms with van der Waals surface area (Å²) in [7, 11) is -0.770. The molecular formula is C9H15N7O3S. The number of aromatic nitrogens is 5. The van der Waals surface area contributed by atoms with Crippen molar-refractivity contribution in [1.29, 1.82) is 0 Å². The van der Waals surface area contributed by atoms with E-state index in [0.717, 1.165) is 4.31 Å². The molecule has 0 spiro atoms. The molecule has 11 heteroatoms. The molecule has 20 heavy (non-hydrogen) atoms. The number of aryl methyl sites for hydroxylation is 1. The third kappa shape index (κ3) is 2.93. The summed E-state index contributed by atoms with van der Waals surface area (Å²) < 4.78 is 33.2. The molecule has 10 nitrogen and oxygen atoms in total. The minimum atomic E-state index is -3.61. The van der Waals surface area contributed by atoms with E-state index in [1.165, 1.54) is 18.8 Å². The molecule has 0 amide bonds. The lowest BCUT2D eigenvalue weighted by atomic mass is 10.4. The molecule has 2 heterocycles. The molecule has 0 atom stereocenters. The summed E-state index contributed by atoms with van der Waals surface area (Å²) in [5.41, 5.74) is 0.554. The third-order valence-corrected chi connectivity index (χ3v) is 3.96. The van der Waals surface area contributed by atoms with Crippen LogP contribution in [0.2, 0.25) is 0 Å². The van der Waals surface area contributed by atoms with Crippen LogP contribution in [-0.2, 0) is 16.8 Å². The molecule has 0 aliphatic rings. The fourth-order valence-electron chi connectivity index (χ4n) is 1.36. The van der Waals surface area contributed by atoms with Crippen LogP contribution in [0, 0.1) is 13.8 Å². The molecule has 0 fully saturated rings. The van der Waals surface area contributed by atoms with E-state index in [1.54, 1.807) is 13.8 Å². The number of anilines is 1. The molecule has 2 aromatic heterocycles. The Kier molecular flexibility index (Phi) is 3.72. The van der Waals surface area contributed by atoms with Gasteiger partial charge >= 0.3 is 10.2 Å². The van der Waals surface area contributed by atoms with E-state index in [-0.39, 0.29) is 12.4 Å². The van der Waals surface area contributed by atoms with Gasteiger partial charge in [-0.3, -0.25) is 4.72 Å². The first kappa shape index (κ1) is 14.4. The summed E-state index contributed by atoms with van der Waals surface area (Å²) in [6, 6.07) is 0. The van der Waals surface area contributed by atoms with Gasteiger partial charge in [-0.05, 0) is 6.92 Å². The highest BCUT2D eigenvalue weighted by molar-refractivity contribution is 7.90. The van der Waals surface area contributed by atoms with Crippen LogP contribution in [0.4, 0.5) is 5.82 Å². The van der Waals surface area contributed by atoms with Gasteiger partial charge in [-0.25, -0.2) is 4.68 Å². The predicted octanol–water partition coefficient (Wildman–Crippen LogP) is -0.455. The van der Waals surface area contributed by atoms with Crippen molar-refractivity contribution in [2.75, 3.05) is 18.8 Å². The lowest BCUT2D eigenvalue weighted by Gasteiger charge is -2.11. The Balaban J connectivity index is 2.19. The SMILES string of the molecule is Cc1nc(Cn2nnc(NS(=O)(=O)N(C)C)c2C)no1. The van der Waals surface area contributed by atoms with E-state index in [9.17, 15) is 8.42 Å². The Bertz CT molecular complexity index is 703. The van der Waals surface area contributed by atoms with Gasteiger partial charge in [0.15, 0.2) is 11.6 Å². The predicted molar refractivity (Wildman–Crippen MR) is 69.1 cm³/mol. The van der Waals surface area contributed by atoms with E-state index >= 15 is 0 Å². The van der Waals surface area contributed by atoms with Gasteiger partial charge in [-0.2, -0.15) is 17.7 Å². The molecule has 1 N–H and O–H groups in total. The summed E-state index contributed by atoms with van der Waals surface area (Å²) in [5.74, 6) is 1.06. The van der Waals surface area contributed by atoms with Crippen LogP contribution in [0.1, 0.15) is 17.4 Å². The van der Waals surface area contributed by atoms with Gasteiger partial charge < -0.3 is 4.52 Å². The monoisotopic (exact) mass is 301 g/mol. The summed E-state index contributed by atoms with van der Waals surface area (Å²) in [6.07, 6.45) is 0. The molecule has 0 bridgehead atoms. The molecule has 2 rings (SSSR count). The first-order valence-corrected chi connectivity index (χ1v) is 7.13. The smallest absolute Gasteiger partial charge is 0.302 e. The van der Waals surface area contributed by atoms with Gasteiger partial charge in [0, 0.05) is 21.0 Å². The molecule has 110 valence electrons. The van der Waals surface area contributed by atoms with Gasteiger partial charge in [0.2, 0.25) is 5.89 Å². The molecular weight excluding hydrogens is 286 g/mol. The zero-order valence-electron chi connectivity index (χ0n) is 11.5. The largest absolute Gasteiger partial charge is 0.340 e. The molecule has 0 radical (unpaired) electrons. The lowest BCUT2D eigenvalue weighted by molar-refractivity contribution is 0.384. The first-order valence-electron chi connectivity index (χ1n) is 5.69. The third-order valence-electron chi connectivity index (χ3n) is 2.55. The van der Waals surface area contributed by atoms with Crippen molar-refractivity contribution in [3.8, 4) is 0 Å². The maximum Gasteiger partial charge on any atom is 0.302 e. The van der Waals surface area contributed by atoms with E-state index in [2.05, 4.69) is 25.2 Å². The van der Waals surface area contributed by atoms with E-state index in [4.69, 9.17) is 4.52 Å². The average molecular weight is 301 g/mol. The Morgan fingerprint density at radius 1 is 1.35 bits per heavy atom. The highest BCUT2D eigenvalue weighted by Gasteiger charge is 2.18. The van der Waals surface area contributed by atoms with Crippen molar-refractivity contribution < 1.29 is 12.9 Å². The maximum absolute atomic E-state index is 11.7. The van der Waals surface area contributed by atoms with Crippen molar-refractivity contribution in [2.24, 2.45) is 0 Å². The first-order chi connectivity index (χ1) is 9.29. The molecule has 2 aromatic rings. The van der Waals surface area contributed by atoms with E-state index < -0.39 is 10.2 Å². The second-order valence-electron chi connectivity index (χ2n) is 4.30. The molecule has 0 aliphatic carbocycles. The molecule has 0 aliphatic heterocycles. The number of rotatable bonds is 5. The highest BCUT2D eigenvalue weighted by atomic mass is 32.2. The number of nitrogens with zero attached hydrogens (tertiary/aromatic N) is 6. The summed E-state index contributed by atoms with van der Waals surface area (Å²) in [6.45, 7) is 3.63. The van der Waals surface area contributed by atoms with Crippen molar-refractivity contribution in [3.05, 3.63) is 17.4 Å². The van der Waals surface area contributed by atoms with Crippen LogP contribution in [0.25, 0.3) is 0 Å². The number of nitrogens with one attached hydrogen (secondary N) is 1. The van der Waals surface area contributed by atoms with Crippen molar-refractivity contribution >= 4 is 16.0 Å². The van der Waals surface area contributed by atoms with Gasteiger partial charge in [-0.15, -0.1) is 5.10 Å². The van der Waals surface area contributed by atoms with Gasteiger partial charge in [0.05, 0.1) is 5.69 Å². The zero-order valence-corrected chi connectivity index (χ0v) is 12.3. The summed E-state index contributed by atoms with van der Waals surface area (Å²) in [5, 5.41) is 11.4. The lowest BCUT2D eigenvalue weighted by Crippen LogP contribution is -2.29. The Hall–Kier alpha value is -2.01. The van der Waals surface area contributed by atoms with Gasteiger partial charge in [-0.1, -0.05) is 10.4 Å². The summed E-state index contributed by atoms with van der Waals surface area (Å²) >= 11 is 0. The standard InChI is InChI=1S/C9H15N7O3S/c1-6-9(13-20(17,18)15(3)4)11-14-16(6)5-8-10-7(2)19-12-8/h13H,5H2,1-4H3.